The number of carbonyl (C=O) groups is 1. The van der Waals surface area contributed by atoms with Crippen molar-refractivity contribution in [3.05, 3.63) is 59.6 Å². The van der Waals surface area contributed by atoms with Crippen molar-refractivity contribution in [1.29, 1.82) is 0 Å². The van der Waals surface area contributed by atoms with Crippen LogP contribution in [0, 0.1) is 5.82 Å². The minimum Gasteiger partial charge on any atom is -0.451 e. The molecule has 0 atom stereocenters. The quantitative estimate of drug-likeness (QED) is 0.581. The van der Waals surface area contributed by atoms with Gasteiger partial charge in [-0.05, 0) is 24.3 Å². The average molecular weight is 356 g/mol. The summed E-state index contributed by atoms with van der Waals surface area (Å²) in [6.45, 7) is 0.255. The SMILES string of the molecule is COCc1c(C(=O)Nc2nc3ccc(F)cc3s2)oc2ccccc12. The summed E-state index contributed by atoms with van der Waals surface area (Å²) in [4.78, 5) is 17.0. The summed E-state index contributed by atoms with van der Waals surface area (Å²) in [6.07, 6.45) is 0. The molecule has 0 aliphatic carbocycles. The predicted molar refractivity (Wildman–Crippen MR) is 94.5 cm³/mol. The van der Waals surface area contributed by atoms with Crippen molar-refractivity contribution in [1.82, 2.24) is 4.98 Å². The fourth-order valence-electron chi connectivity index (χ4n) is 2.68. The van der Waals surface area contributed by atoms with Gasteiger partial charge in [0.2, 0.25) is 0 Å². The van der Waals surface area contributed by atoms with Gasteiger partial charge in [0, 0.05) is 18.1 Å². The molecule has 0 unspecified atom stereocenters. The number of benzene rings is 2. The first-order valence-electron chi connectivity index (χ1n) is 7.52. The maximum atomic E-state index is 13.3. The number of thiazole rings is 1. The van der Waals surface area contributed by atoms with Crippen LogP contribution in [0.25, 0.3) is 21.2 Å². The number of fused-ring (bicyclic) bond motifs is 2. The molecule has 25 heavy (non-hydrogen) atoms. The molecule has 1 N–H and O–H groups in total. The average Bonchev–Trinajstić information content (AvgIpc) is 3.16. The van der Waals surface area contributed by atoms with Gasteiger partial charge in [0.05, 0.1) is 16.8 Å². The summed E-state index contributed by atoms with van der Waals surface area (Å²) >= 11 is 1.20. The first-order valence-corrected chi connectivity index (χ1v) is 8.34. The second-order valence-electron chi connectivity index (χ2n) is 5.42. The van der Waals surface area contributed by atoms with Crippen molar-refractivity contribution >= 4 is 43.6 Å². The van der Waals surface area contributed by atoms with Crippen LogP contribution in [-0.4, -0.2) is 18.0 Å². The lowest BCUT2D eigenvalue weighted by molar-refractivity contribution is 0.0992. The number of ether oxygens (including phenoxy) is 1. The zero-order valence-corrected chi connectivity index (χ0v) is 14.0. The molecule has 4 rings (SSSR count). The lowest BCUT2D eigenvalue weighted by atomic mass is 10.1. The first kappa shape index (κ1) is 15.7. The number of amides is 1. The monoisotopic (exact) mass is 356 g/mol. The second-order valence-corrected chi connectivity index (χ2v) is 6.45. The number of rotatable bonds is 4. The van der Waals surface area contributed by atoms with Crippen molar-refractivity contribution < 1.29 is 18.3 Å². The van der Waals surface area contributed by atoms with Gasteiger partial charge in [0.25, 0.3) is 5.91 Å². The minimum absolute atomic E-state index is 0.188. The topological polar surface area (TPSA) is 64.4 Å². The number of methoxy groups -OCH3 is 1. The first-order chi connectivity index (χ1) is 12.2. The summed E-state index contributed by atoms with van der Waals surface area (Å²) in [7, 11) is 1.56. The maximum absolute atomic E-state index is 13.3. The molecule has 2 aromatic heterocycles. The van der Waals surface area contributed by atoms with Gasteiger partial charge >= 0.3 is 0 Å². The third-order valence-electron chi connectivity index (χ3n) is 3.76. The van der Waals surface area contributed by atoms with E-state index < -0.39 is 5.91 Å². The zero-order chi connectivity index (χ0) is 17.4. The van der Waals surface area contributed by atoms with E-state index in [1.807, 2.05) is 18.2 Å². The van der Waals surface area contributed by atoms with E-state index in [1.54, 1.807) is 19.2 Å². The van der Waals surface area contributed by atoms with E-state index in [-0.39, 0.29) is 18.2 Å². The van der Waals surface area contributed by atoms with E-state index in [4.69, 9.17) is 9.15 Å². The van der Waals surface area contributed by atoms with E-state index in [0.29, 0.717) is 26.5 Å². The highest BCUT2D eigenvalue weighted by Gasteiger charge is 2.21. The molecule has 126 valence electrons. The molecule has 0 aliphatic rings. The van der Waals surface area contributed by atoms with Crippen molar-refractivity contribution in [3.63, 3.8) is 0 Å². The highest BCUT2D eigenvalue weighted by atomic mass is 32.1. The fraction of sp³-hybridized carbons (Fsp3) is 0.111. The van der Waals surface area contributed by atoms with Crippen LogP contribution in [0.3, 0.4) is 0 Å². The molecule has 0 saturated heterocycles. The Kier molecular flexibility index (Phi) is 3.95. The van der Waals surface area contributed by atoms with Crippen molar-refractivity contribution in [2.75, 3.05) is 12.4 Å². The fourth-order valence-corrected chi connectivity index (χ4v) is 3.56. The van der Waals surface area contributed by atoms with Crippen LogP contribution in [-0.2, 0) is 11.3 Å². The van der Waals surface area contributed by atoms with Crippen LogP contribution in [0.2, 0.25) is 0 Å². The molecular formula is C18H13FN2O3S. The van der Waals surface area contributed by atoms with E-state index in [0.717, 1.165) is 5.39 Å². The Hall–Kier alpha value is -2.77. The zero-order valence-electron chi connectivity index (χ0n) is 13.2. The van der Waals surface area contributed by atoms with E-state index in [1.165, 1.54) is 23.5 Å². The molecule has 7 heteroatoms. The Morgan fingerprint density at radius 1 is 1.32 bits per heavy atom. The highest BCUT2D eigenvalue weighted by molar-refractivity contribution is 7.22. The van der Waals surface area contributed by atoms with Crippen molar-refractivity contribution in [3.8, 4) is 0 Å². The van der Waals surface area contributed by atoms with E-state index in [9.17, 15) is 9.18 Å². The standard InChI is InChI=1S/C18H13FN2O3S/c1-23-9-12-11-4-2-3-5-14(11)24-16(12)17(22)21-18-20-13-7-6-10(19)8-15(13)25-18/h2-8H,9H2,1H3,(H,20,21,22). The van der Waals surface area contributed by atoms with Gasteiger partial charge in [0.1, 0.15) is 11.4 Å². The summed E-state index contributed by atoms with van der Waals surface area (Å²) in [6, 6.07) is 11.7. The summed E-state index contributed by atoms with van der Waals surface area (Å²) in [5.41, 5.74) is 1.93. The summed E-state index contributed by atoms with van der Waals surface area (Å²) < 4.78 is 24.9. The van der Waals surface area contributed by atoms with Crippen LogP contribution in [0.5, 0.6) is 0 Å². The summed E-state index contributed by atoms with van der Waals surface area (Å²) in [5.74, 6) is -0.565. The van der Waals surface area contributed by atoms with Gasteiger partial charge in [0.15, 0.2) is 10.9 Å². The van der Waals surface area contributed by atoms with Crippen LogP contribution in [0.4, 0.5) is 9.52 Å². The third-order valence-corrected chi connectivity index (χ3v) is 4.70. The number of carbonyl (C=O) groups excluding carboxylic acids is 1. The normalized spacial score (nSPS) is 11.3. The molecule has 0 saturated carbocycles. The van der Waals surface area contributed by atoms with Gasteiger partial charge in [-0.15, -0.1) is 0 Å². The maximum Gasteiger partial charge on any atom is 0.293 e. The molecule has 4 aromatic rings. The molecule has 2 heterocycles. The number of para-hydroxylation sites is 1. The Bertz CT molecular complexity index is 1090. The van der Waals surface area contributed by atoms with Crippen LogP contribution in [0.15, 0.2) is 46.9 Å². The van der Waals surface area contributed by atoms with Crippen LogP contribution in [0.1, 0.15) is 16.1 Å². The molecule has 1 amide bonds. The number of furan rings is 1. The molecule has 0 fully saturated rings. The third kappa shape index (κ3) is 2.88. The Morgan fingerprint density at radius 3 is 3.00 bits per heavy atom. The molecule has 0 spiro atoms. The van der Waals surface area contributed by atoms with Crippen molar-refractivity contribution in [2.24, 2.45) is 0 Å². The largest absolute Gasteiger partial charge is 0.451 e. The van der Waals surface area contributed by atoms with Crippen LogP contribution < -0.4 is 5.32 Å². The van der Waals surface area contributed by atoms with Gasteiger partial charge in [-0.2, -0.15) is 0 Å². The lowest BCUT2D eigenvalue weighted by Crippen LogP contribution is -2.13. The van der Waals surface area contributed by atoms with E-state index in [2.05, 4.69) is 10.3 Å². The number of hydrogen-bond donors (Lipinski definition) is 1. The Morgan fingerprint density at radius 2 is 2.16 bits per heavy atom. The highest BCUT2D eigenvalue weighted by Crippen LogP contribution is 2.30. The number of halogens is 1. The van der Waals surface area contributed by atoms with Gasteiger partial charge in [-0.25, -0.2) is 9.37 Å². The molecule has 5 nitrogen and oxygen atoms in total. The predicted octanol–water partition coefficient (Wildman–Crippen LogP) is 4.58. The Labute approximate surface area is 146 Å². The minimum atomic E-state index is -0.414. The number of nitrogens with zero attached hydrogens (tertiary/aromatic N) is 1. The molecule has 0 bridgehead atoms. The lowest BCUT2D eigenvalue weighted by Gasteiger charge is -2.02. The molecule has 0 radical (unpaired) electrons. The summed E-state index contributed by atoms with van der Waals surface area (Å²) in [5, 5.41) is 3.94. The van der Waals surface area contributed by atoms with Crippen LogP contribution >= 0.6 is 11.3 Å². The van der Waals surface area contributed by atoms with Gasteiger partial charge < -0.3 is 9.15 Å². The Balaban J connectivity index is 1.70. The second kappa shape index (κ2) is 6.27. The number of aromatic nitrogens is 1. The van der Waals surface area contributed by atoms with Gasteiger partial charge in [-0.1, -0.05) is 29.5 Å². The van der Waals surface area contributed by atoms with Crippen molar-refractivity contribution in [2.45, 2.75) is 6.61 Å². The molecular weight excluding hydrogens is 343 g/mol. The molecule has 0 aliphatic heterocycles. The molecule has 2 aromatic carbocycles. The number of anilines is 1. The number of nitrogens with one attached hydrogen (secondary N) is 1. The number of hydrogen-bond acceptors (Lipinski definition) is 5. The van der Waals surface area contributed by atoms with E-state index >= 15 is 0 Å². The smallest absolute Gasteiger partial charge is 0.293 e. The van der Waals surface area contributed by atoms with Gasteiger partial charge in [-0.3, -0.25) is 10.1 Å².